The van der Waals surface area contributed by atoms with Crippen LogP contribution < -0.4 is 0 Å². The summed E-state index contributed by atoms with van der Waals surface area (Å²) in [6, 6.07) is 9.30. The molecule has 3 N–H and O–H groups in total. The van der Waals surface area contributed by atoms with Crippen molar-refractivity contribution in [2.45, 2.75) is 93.0 Å². The quantitative estimate of drug-likeness (QED) is 0.299. The highest BCUT2D eigenvalue weighted by Crippen LogP contribution is 2.80. The lowest BCUT2D eigenvalue weighted by molar-refractivity contribution is -0.317. The summed E-state index contributed by atoms with van der Waals surface area (Å²) < 4.78 is 50.3. The molecule has 7 fully saturated rings. The van der Waals surface area contributed by atoms with Gasteiger partial charge in [-0.3, -0.25) is 0 Å². The van der Waals surface area contributed by atoms with Crippen LogP contribution in [0.25, 0.3) is 6.08 Å². The smallest absolute Gasteiger partial charge is 0.366 e. The van der Waals surface area contributed by atoms with Crippen molar-refractivity contribution in [1.29, 1.82) is 0 Å². The number of hydrogen-bond donors (Lipinski definition) is 3. The minimum atomic E-state index is -2.10. The summed E-state index contributed by atoms with van der Waals surface area (Å²) in [6.07, 6.45) is 0.492. The highest BCUT2D eigenvalue weighted by atomic mass is 16.7. The van der Waals surface area contributed by atoms with Gasteiger partial charge in [0, 0.05) is 53.6 Å². The van der Waals surface area contributed by atoms with Crippen molar-refractivity contribution in [1.82, 2.24) is 0 Å². The molecule has 4 saturated heterocycles. The zero-order valence-corrected chi connectivity index (χ0v) is 28.6. The van der Waals surface area contributed by atoms with Gasteiger partial charge in [-0.15, -0.1) is 0 Å². The first kappa shape index (κ1) is 33.0. The van der Waals surface area contributed by atoms with E-state index < -0.39 is 105 Å². The maximum Gasteiger partial charge on any atom is 0.366 e. The van der Waals surface area contributed by atoms with Crippen LogP contribution in [0.5, 0.6) is 0 Å². The normalized spacial score (nSPS) is 54.8. The summed E-state index contributed by atoms with van der Waals surface area (Å²) in [7, 11) is 2.58. The van der Waals surface area contributed by atoms with Crippen LogP contribution in [0, 0.1) is 34.0 Å². The molecule has 9 rings (SSSR count). The SMILES string of the molecule is COC(=O)[C@@]1(OC)OC[C@@]23[C@@H](OC(=O)C=Cc4ccccc4)C[C@@H](O)[C@]4(C)CO[C@H]([C@H]42)[C@H]2O[C@@]4(C)[C@H]5C[C@H](O[C@H]6OC=C[C@@]65O)[C@@]4(O)[C@@]2(C)[C@@H]13. The Kier molecular flexibility index (Phi) is 6.70. The summed E-state index contributed by atoms with van der Waals surface area (Å²) >= 11 is 0. The molecule has 1 spiro atoms. The Morgan fingerprint density at radius 2 is 1.80 bits per heavy atom. The molecule has 13 heteroatoms. The van der Waals surface area contributed by atoms with Gasteiger partial charge in [-0.2, -0.15) is 0 Å². The molecule has 0 radical (unpaired) electrons. The van der Waals surface area contributed by atoms with Crippen LogP contribution in [0.1, 0.15) is 39.2 Å². The summed E-state index contributed by atoms with van der Waals surface area (Å²) in [4.78, 5) is 27.9. The van der Waals surface area contributed by atoms with Crippen LogP contribution in [0.3, 0.4) is 0 Å². The maximum absolute atomic E-state index is 14.2. The van der Waals surface area contributed by atoms with Gasteiger partial charge in [-0.05, 0) is 31.1 Å². The number of methoxy groups -OCH3 is 2. The topological polar surface area (TPSA) is 169 Å². The number of aliphatic hydroxyl groups is 3. The highest BCUT2D eigenvalue weighted by molar-refractivity contribution is 5.87. The first-order chi connectivity index (χ1) is 23.7. The van der Waals surface area contributed by atoms with Gasteiger partial charge in [-0.1, -0.05) is 44.2 Å². The lowest BCUT2D eigenvalue weighted by atomic mass is 9.37. The van der Waals surface area contributed by atoms with Gasteiger partial charge in [0.1, 0.15) is 17.3 Å². The van der Waals surface area contributed by atoms with Gasteiger partial charge in [0.05, 0.1) is 51.0 Å². The van der Waals surface area contributed by atoms with E-state index in [9.17, 15) is 24.9 Å². The number of hydrogen-bond acceptors (Lipinski definition) is 13. The molecule has 5 heterocycles. The van der Waals surface area contributed by atoms with Crippen molar-refractivity contribution in [2.75, 3.05) is 27.4 Å². The van der Waals surface area contributed by atoms with Gasteiger partial charge in [-0.25, -0.2) is 9.59 Å². The van der Waals surface area contributed by atoms with Crippen molar-refractivity contribution in [3.63, 3.8) is 0 Å². The van der Waals surface area contributed by atoms with Gasteiger partial charge < -0.3 is 53.2 Å². The molecule has 8 aliphatic rings. The van der Waals surface area contributed by atoms with Crippen molar-refractivity contribution in [3.05, 3.63) is 54.3 Å². The predicted octanol–water partition coefficient (Wildman–Crippen LogP) is 1.47. The maximum atomic E-state index is 14.2. The number of esters is 2. The van der Waals surface area contributed by atoms with E-state index in [-0.39, 0.29) is 26.1 Å². The third-order valence-corrected chi connectivity index (χ3v) is 14.5. The van der Waals surface area contributed by atoms with Crippen LogP contribution in [0.2, 0.25) is 0 Å². The molecule has 2 bridgehead atoms. The minimum absolute atomic E-state index is 0.00907. The molecule has 13 nitrogen and oxygen atoms in total. The van der Waals surface area contributed by atoms with E-state index in [1.807, 2.05) is 44.2 Å². The standard InChI is InChI=1S/C37H44O13/c1-31-17-46-25-26(31)34(22(16-21(31)38)48-24(39)12-11-19-9-7-6-8-10-19)18-47-36(44-5,29(40)43-4)28(34)32(2)27(25)50-33(3)20-15-23(37(32,33)42)49-30-35(20,41)13-14-45-30/h6-14,20-23,25-28,30,38,41-42H,15-18H2,1-5H3/t20-,21-,22+,23+,25-,26-,27-,28-,30-,31+,32-,33+,34-,35+,36+,37-/m1/s1. The van der Waals surface area contributed by atoms with E-state index in [4.69, 9.17) is 37.9 Å². The Morgan fingerprint density at radius 1 is 1.04 bits per heavy atom. The molecule has 0 amide bonds. The molecule has 3 saturated carbocycles. The molecular weight excluding hydrogens is 652 g/mol. The fourth-order valence-electron chi connectivity index (χ4n) is 12.5. The Hall–Kier alpha value is -2.88. The first-order valence-electron chi connectivity index (χ1n) is 17.3. The highest BCUT2D eigenvalue weighted by Gasteiger charge is 2.94. The fourth-order valence-corrected chi connectivity index (χ4v) is 12.5. The van der Waals surface area contributed by atoms with Crippen molar-refractivity contribution < 1.29 is 62.8 Å². The van der Waals surface area contributed by atoms with E-state index in [1.165, 1.54) is 32.6 Å². The van der Waals surface area contributed by atoms with Crippen molar-refractivity contribution in [3.8, 4) is 0 Å². The number of carbonyl (C=O) groups excluding carboxylic acids is 2. The molecule has 0 unspecified atom stereocenters. The van der Waals surface area contributed by atoms with Gasteiger partial charge in [0.2, 0.25) is 6.29 Å². The first-order valence-corrected chi connectivity index (χ1v) is 17.3. The Balaban J connectivity index is 1.25. The third-order valence-electron chi connectivity index (χ3n) is 14.5. The average molecular weight is 697 g/mol. The van der Waals surface area contributed by atoms with Gasteiger partial charge in [0.15, 0.2) is 5.60 Å². The molecule has 50 heavy (non-hydrogen) atoms. The van der Waals surface area contributed by atoms with Crippen LogP contribution >= 0.6 is 0 Å². The van der Waals surface area contributed by atoms with Gasteiger partial charge in [0.25, 0.3) is 5.79 Å². The van der Waals surface area contributed by atoms with Crippen molar-refractivity contribution in [2.24, 2.45) is 34.0 Å². The van der Waals surface area contributed by atoms with Crippen LogP contribution in [-0.2, 0) is 47.5 Å². The number of rotatable bonds is 5. The molecule has 16 atom stereocenters. The lowest BCUT2D eigenvalue weighted by Crippen LogP contribution is -2.78. The Morgan fingerprint density at radius 3 is 2.52 bits per heavy atom. The van der Waals surface area contributed by atoms with E-state index in [2.05, 4.69) is 0 Å². The van der Waals surface area contributed by atoms with E-state index in [0.717, 1.165) is 5.56 Å². The van der Waals surface area contributed by atoms with E-state index in [0.29, 0.717) is 0 Å². The van der Waals surface area contributed by atoms with E-state index in [1.54, 1.807) is 13.0 Å². The number of aliphatic hydroxyl groups excluding tert-OH is 1. The predicted molar refractivity (Wildman–Crippen MR) is 169 cm³/mol. The van der Waals surface area contributed by atoms with Crippen molar-refractivity contribution >= 4 is 18.0 Å². The molecule has 1 aromatic rings. The summed E-state index contributed by atoms with van der Waals surface area (Å²) in [5.74, 6) is -5.97. The monoisotopic (exact) mass is 696 g/mol. The summed E-state index contributed by atoms with van der Waals surface area (Å²) in [6.45, 7) is 5.53. The number of fused-ring (bicyclic) bond motifs is 11. The molecule has 0 aromatic heterocycles. The van der Waals surface area contributed by atoms with Crippen LogP contribution in [-0.4, -0.2) is 114 Å². The largest absolute Gasteiger partial charge is 0.469 e. The minimum Gasteiger partial charge on any atom is -0.469 e. The number of benzene rings is 1. The number of carbonyl (C=O) groups is 2. The molecule has 3 aliphatic carbocycles. The summed E-state index contributed by atoms with van der Waals surface area (Å²) in [5, 5.41) is 37.5. The zero-order valence-electron chi connectivity index (χ0n) is 28.6. The molecule has 1 aromatic carbocycles. The fraction of sp³-hybridized carbons (Fsp3) is 0.676. The van der Waals surface area contributed by atoms with E-state index >= 15 is 0 Å². The second-order valence-electron chi connectivity index (χ2n) is 16.1. The Labute approximate surface area is 289 Å². The third kappa shape index (κ3) is 3.43. The van der Waals surface area contributed by atoms with Gasteiger partial charge >= 0.3 is 11.9 Å². The average Bonchev–Trinajstić information content (AvgIpc) is 3.86. The zero-order chi connectivity index (χ0) is 35.3. The molecular formula is C37H44O13. The summed E-state index contributed by atoms with van der Waals surface area (Å²) in [5.41, 5.74) is -7.83. The van der Waals surface area contributed by atoms with Crippen LogP contribution in [0.4, 0.5) is 0 Å². The Bertz CT molecular complexity index is 1680. The second kappa shape index (κ2) is 10.2. The molecule has 270 valence electrons. The molecule has 5 aliphatic heterocycles. The lowest BCUT2D eigenvalue weighted by Gasteiger charge is -2.66. The number of ether oxygens (including phenoxy) is 8. The van der Waals surface area contributed by atoms with Crippen LogP contribution in [0.15, 0.2) is 48.7 Å². The second-order valence-corrected chi connectivity index (χ2v) is 16.1.